The molecule has 4 rings (SSSR count). The summed E-state index contributed by atoms with van der Waals surface area (Å²) < 4.78 is 4.59. The molecule has 3 aromatic rings. The van der Waals surface area contributed by atoms with Gasteiger partial charge in [-0.25, -0.2) is 9.78 Å². The molecular formula is C32H36N6O5. The van der Waals surface area contributed by atoms with E-state index in [9.17, 15) is 19.2 Å². The van der Waals surface area contributed by atoms with Gasteiger partial charge >= 0.3 is 6.09 Å². The number of ketones is 2. The number of amidine groups is 1. The monoisotopic (exact) mass is 584 g/mol. The molecule has 1 aliphatic heterocycles. The van der Waals surface area contributed by atoms with Crippen molar-refractivity contribution in [3.8, 4) is 0 Å². The first kappa shape index (κ1) is 31.2. The van der Waals surface area contributed by atoms with E-state index in [0.717, 1.165) is 24.7 Å². The number of nitrogens with one attached hydrogen (secondary N) is 4. The summed E-state index contributed by atoms with van der Waals surface area (Å²) in [7, 11) is 1.15. The predicted octanol–water partition coefficient (Wildman–Crippen LogP) is 2.49. The molecule has 2 heterocycles. The molecule has 2 aromatic carbocycles. The summed E-state index contributed by atoms with van der Waals surface area (Å²) in [6, 6.07) is 17.5. The number of benzene rings is 2. The zero-order valence-corrected chi connectivity index (χ0v) is 24.2. The highest BCUT2D eigenvalue weighted by molar-refractivity contribution is 6.10. The van der Waals surface area contributed by atoms with Gasteiger partial charge in [0.15, 0.2) is 17.4 Å². The molecule has 0 unspecified atom stereocenters. The molecule has 1 aromatic heterocycles. The Hall–Kier alpha value is -4.74. The smallest absolute Gasteiger partial charge is 0.412 e. The van der Waals surface area contributed by atoms with Gasteiger partial charge in [0, 0.05) is 12.0 Å². The van der Waals surface area contributed by atoms with E-state index in [4.69, 9.17) is 11.1 Å². The van der Waals surface area contributed by atoms with Crippen LogP contribution >= 0.6 is 0 Å². The zero-order valence-electron chi connectivity index (χ0n) is 24.2. The fourth-order valence-corrected chi connectivity index (χ4v) is 5.01. The van der Waals surface area contributed by atoms with Crippen molar-refractivity contribution in [2.75, 3.05) is 13.7 Å². The lowest BCUT2D eigenvalue weighted by molar-refractivity contribution is -0.122. The van der Waals surface area contributed by atoms with Gasteiger partial charge in [-0.05, 0) is 55.5 Å². The van der Waals surface area contributed by atoms with Crippen LogP contribution in [0, 0.1) is 12.3 Å². The number of amides is 2. The molecular weight excluding hydrogens is 548 g/mol. The van der Waals surface area contributed by atoms with Crippen molar-refractivity contribution in [2.45, 2.75) is 50.7 Å². The molecule has 6 N–H and O–H groups in total. The second-order valence-corrected chi connectivity index (χ2v) is 10.4. The second-order valence-electron chi connectivity index (χ2n) is 10.4. The molecule has 0 spiro atoms. The van der Waals surface area contributed by atoms with Gasteiger partial charge in [-0.3, -0.25) is 25.1 Å². The van der Waals surface area contributed by atoms with E-state index in [2.05, 4.69) is 25.7 Å². The summed E-state index contributed by atoms with van der Waals surface area (Å²) in [6.45, 7) is 2.29. The molecule has 1 saturated heterocycles. The van der Waals surface area contributed by atoms with Crippen molar-refractivity contribution in [3.63, 3.8) is 0 Å². The van der Waals surface area contributed by atoms with Crippen molar-refractivity contribution in [3.05, 3.63) is 100 Å². The number of alkyl carbamates (subject to hydrolysis) is 1. The van der Waals surface area contributed by atoms with Crippen LogP contribution in [0.15, 0.2) is 66.7 Å². The Morgan fingerprint density at radius 2 is 1.67 bits per heavy atom. The van der Waals surface area contributed by atoms with Gasteiger partial charge in [0.05, 0.1) is 25.2 Å². The number of hydrogen-bond donors (Lipinski definition) is 5. The fourth-order valence-electron chi connectivity index (χ4n) is 5.01. The quantitative estimate of drug-likeness (QED) is 0.130. The van der Waals surface area contributed by atoms with Crippen LogP contribution in [-0.2, 0) is 22.4 Å². The first-order valence-electron chi connectivity index (χ1n) is 14.1. The van der Waals surface area contributed by atoms with Crippen molar-refractivity contribution in [1.82, 2.24) is 20.9 Å². The highest BCUT2D eigenvalue weighted by Gasteiger charge is 2.32. The van der Waals surface area contributed by atoms with Crippen LogP contribution in [0.25, 0.3) is 0 Å². The Morgan fingerprint density at radius 3 is 2.26 bits per heavy atom. The number of carbonyl (C=O) groups excluding carboxylic acids is 4. The number of aromatic nitrogens is 1. The third-order valence-corrected chi connectivity index (χ3v) is 7.37. The van der Waals surface area contributed by atoms with Crippen molar-refractivity contribution in [2.24, 2.45) is 5.73 Å². The Labute approximate surface area is 250 Å². The van der Waals surface area contributed by atoms with E-state index in [1.54, 1.807) is 6.92 Å². The minimum absolute atomic E-state index is 0.0160. The Bertz CT molecular complexity index is 1490. The lowest BCUT2D eigenvalue weighted by Gasteiger charge is -2.22. The van der Waals surface area contributed by atoms with Crippen molar-refractivity contribution in [1.29, 1.82) is 5.41 Å². The molecule has 0 saturated carbocycles. The van der Waals surface area contributed by atoms with Crippen molar-refractivity contribution < 1.29 is 23.9 Å². The number of ether oxygens (including phenoxy) is 1. The summed E-state index contributed by atoms with van der Waals surface area (Å²) in [5.41, 5.74) is 8.28. The van der Waals surface area contributed by atoms with Crippen LogP contribution in [0.1, 0.15) is 56.1 Å². The maximum absolute atomic E-state index is 14.2. The van der Waals surface area contributed by atoms with Crippen LogP contribution in [0.4, 0.5) is 4.79 Å². The number of nitrogens with zero attached hydrogens (tertiary/aromatic N) is 1. The first-order valence-corrected chi connectivity index (χ1v) is 14.1. The summed E-state index contributed by atoms with van der Waals surface area (Å²) in [5.74, 6) is -1.74. The Balaban J connectivity index is 1.71. The highest BCUT2D eigenvalue weighted by Crippen LogP contribution is 2.21. The molecule has 3 atom stereocenters. The van der Waals surface area contributed by atoms with Crippen LogP contribution in [0.3, 0.4) is 0 Å². The number of methoxy groups -OCH3 is 1. The van der Waals surface area contributed by atoms with Crippen LogP contribution in [0.5, 0.6) is 0 Å². The molecule has 1 fully saturated rings. The molecule has 11 heteroatoms. The maximum Gasteiger partial charge on any atom is 0.412 e. The molecule has 224 valence electrons. The van der Waals surface area contributed by atoms with Gasteiger partial charge in [0.1, 0.15) is 11.4 Å². The average molecular weight is 585 g/mol. The van der Waals surface area contributed by atoms with Crippen LogP contribution in [-0.4, -0.2) is 66.2 Å². The van der Waals surface area contributed by atoms with Gasteiger partial charge in [0.2, 0.25) is 5.91 Å². The van der Waals surface area contributed by atoms with E-state index in [1.165, 1.54) is 6.07 Å². The fraction of sp³-hybridized carbons (Fsp3) is 0.312. The maximum atomic E-state index is 14.2. The molecule has 0 aliphatic carbocycles. The molecule has 2 amide bonds. The van der Waals surface area contributed by atoms with E-state index < -0.39 is 41.7 Å². The number of pyridine rings is 1. The number of rotatable bonds is 11. The van der Waals surface area contributed by atoms with Gasteiger partial charge in [-0.2, -0.15) is 0 Å². The van der Waals surface area contributed by atoms with Gasteiger partial charge in [-0.15, -0.1) is 0 Å². The van der Waals surface area contributed by atoms with Gasteiger partial charge in [-0.1, -0.05) is 60.7 Å². The highest BCUT2D eigenvalue weighted by atomic mass is 16.5. The summed E-state index contributed by atoms with van der Waals surface area (Å²) in [5, 5.41) is 16.6. The number of nitrogens with two attached hydrogens (primary N) is 1. The van der Waals surface area contributed by atoms with Gasteiger partial charge in [0.25, 0.3) is 0 Å². The normalized spacial score (nSPS) is 15.7. The lowest BCUT2D eigenvalue weighted by Crippen LogP contribution is -2.50. The van der Waals surface area contributed by atoms with Crippen LogP contribution in [0.2, 0.25) is 0 Å². The molecule has 0 radical (unpaired) electrons. The van der Waals surface area contributed by atoms with E-state index in [-0.39, 0.29) is 35.6 Å². The molecule has 0 bridgehead atoms. The largest absolute Gasteiger partial charge is 0.453 e. The third kappa shape index (κ3) is 7.97. The lowest BCUT2D eigenvalue weighted by atomic mass is 9.91. The number of hydrogen-bond acceptors (Lipinski definition) is 9. The Morgan fingerprint density at radius 1 is 1.05 bits per heavy atom. The number of carbonyl (C=O) groups is 4. The summed E-state index contributed by atoms with van der Waals surface area (Å²) >= 11 is 0. The third-order valence-electron chi connectivity index (χ3n) is 7.37. The van der Waals surface area contributed by atoms with Crippen LogP contribution < -0.4 is 21.7 Å². The SMILES string of the molecule is COC(=O)NC(=N)c1cc(C(=O)[C@H](Cc2ccccc2)NC(=O)[C@@H](N)Cc2ccccc2)c(C)c(C(=O)[C@@H]2CCCN2)n1. The molecule has 1 aliphatic rings. The summed E-state index contributed by atoms with van der Waals surface area (Å²) in [6.07, 6.45) is 0.964. The van der Waals surface area contributed by atoms with E-state index in [1.807, 2.05) is 60.7 Å². The average Bonchev–Trinajstić information content (AvgIpc) is 3.56. The molecule has 43 heavy (non-hydrogen) atoms. The van der Waals surface area contributed by atoms with Gasteiger partial charge < -0.3 is 21.1 Å². The van der Waals surface area contributed by atoms with E-state index >= 15 is 0 Å². The Kier molecular flexibility index (Phi) is 10.5. The number of Topliss-reactive ketones (excluding diaryl/α,β-unsaturated/α-hetero) is 2. The standard InChI is InChI=1S/C32H36N6O5/c1-19-22(18-26(30(34)38-32(42)43-2)36-27(19)29(40)24-14-9-15-35-24)28(39)25(17-21-12-7-4-8-13-21)37-31(41)23(33)16-20-10-5-3-6-11-20/h3-8,10-13,18,23-25,35H,9,14-17,33H2,1-2H3,(H,37,41)(H2,34,38,42)/t23-,24-,25-/m0/s1. The first-order chi connectivity index (χ1) is 20.7. The minimum Gasteiger partial charge on any atom is -0.453 e. The minimum atomic E-state index is -1.04. The second kappa shape index (κ2) is 14.4. The molecule has 11 nitrogen and oxygen atoms in total. The predicted molar refractivity (Wildman–Crippen MR) is 161 cm³/mol. The van der Waals surface area contributed by atoms with Crippen molar-refractivity contribution >= 4 is 29.4 Å². The zero-order chi connectivity index (χ0) is 30.9. The topological polar surface area (TPSA) is 176 Å². The van der Waals surface area contributed by atoms with E-state index in [0.29, 0.717) is 18.5 Å². The summed E-state index contributed by atoms with van der Waals surface area (Å²) in [4.78, 5) is 57.2.